The lowest BCUT2D eigenvalue weighted by atomic mass is 9.97. The Morgan fingerprint density at radius 1 is 0.974 bits per heavy atom. The van der Waals surface area contributed by atoms with E-state index in [0.717, 1.165) is 21.8 Å². The molecule has 1 unspecified atom stereocenters. The lowest BCUT2D eigenvalue weighted by Crippen LogP contribution is -2.64. The Balaban J connectivity index is 1.98. The molecular weight excluding hydrogens is 506 g/mol. The Kier molecular flexibility index (Phi) is 7.86. The van der Waals surface area contributed by atoms with E-state index in [4.69, 9.17) is 14.5 Å². The summed E-state index contributed by atoms with van der Waals surface area (Å²) < 4.78 is 11.0. The fraction of sp³-hybridized carbons (Fsp3) is 0.296. The van der Waals surface area contributed by atoms with Crippen molar-refractivity contribution < 1.29 is 23.9 Å². The highest BCUT2D eigenvalue weighted by molar-refractivity contribution is 8.13. The van der Waals surface area contributed by atoms with E-state index in [-0.39, 0.29) is 10.9 Å². The van der Waals surface area contributed by atoms with Gasteiger partial charge in [0.2, 0.25) is 0 Å². The van der Waals surface area contributed by atoms with Crippen LogP contribution in [0.1, 0.15) is 33.3 Å². The molecule has 0 bridgehead atoms. The van der Waals surface area contributed by atoms with Crippen LogP contribution in [0.2, 0.25) is 0 Å². The monoisotopic (exact) mass is 535 g/mol. The molecule has 2 heterocycles. The number of benzene rings is 2. The number of aliphatic imine (C=N–C) groups is 1. The molecule has 0 saturated carbocycles. The molecule has 0 aliphatic carbocycles. The normalized spacial score (nSPS) is 18.8. The van der Waals surface area contributed by atoms with E-state index in [1.54, 1.807) is 82.3 Å². The molecule has 0 saturated heterocycles. The topological polar surface area (TPSA) is 104 Å². The van der Waals surface area contributed by atoms with E-state index in [1.165, 1.54) is 5.01 Å². The molecule has 2 aliphatic rings. The highest BCUT2D eigenvalue weighted by Gasteiger charge is 2.66. The number of ether oxygens (including phenoxy) is 2. The van der Waals surface area contributed by atoms with Crippen LogP contribution in [0, 0.1) is 0 Å². The maximum Gasteiger partial charge on any atom is 0.436 e. The van der Waals surface area contributed by atoms with Crippen molar-refractivity contribution in [1.82, 2.24) is 10.0 Å². The van der Waals surface area contributed by atoms with Crippen molar-refractivity contribution in [1.29, 1.82) is 0 Å². The molecule has 0 aromatic heterocycles. The van der Waals surface area contributed by atoms with Crippen LogP contribution in [0.4, 0.5) is 15.3 Å². The summed E-state index contributed by atoms with van der Waals surface area (Å²) in [6, 6.07) is 17.7. The first-order valence-electron chi connectivity index (χ1n) is 12.1. The number of para-hydroxylation sites is 1. The van der Waals surface area contributed by atoms with Crippen LogP contribution in [0.3, 0.4) is 0 Å². The lowest BCUT2D eigenvalue weighted by molar-refractivity contribution is -0.128. The zero-order chi connectivity index (χ0) is 27.4. The first-order chi connectivity index (χ1) is 18.2. The first-order valence-corrected chi connectivity index (χ1v) is 13.1. The summed E-state index contributed by atoms with van der Waals surface area (Å²) in [6.07, 6.45) is -1.27. The maximum atomic E-state index is 14.4. The number of amidine groups is 1. The van der Waals surface area contributed by atoms with Gasteiger partial charge in [0, 0.05) is 11.3 Å². The minimum Gasteiger partial charge on any atom is -0.445 e. The van der Waals surface area contributed by atoms with E-state index >= 15 is 0 Å². The van der Waals surface area contributed by atoms with Gasteiger partial charge in [-0.1, -0.05) is 66.4 Å². The third-order valence-corrected chi connectivity index (χ3v) is 6.29. The number of rotatable bonds is 6. The number of anilines is 1. The lowest BCUT2D eigenvalue weighted by Gasteiger charge is -2.35. The minimum atomic E-state index is -2.07. The highest BCUT2D eigenvalue weighted by atomic mass is 32.2. The second-order valence-electron chi connectivity index (χ2n) is 8.92. The molecule has 2 aliphatic heterocycles. The summed E-state index contributed by atoms with van der Waals surface area (Å²) in [5.41, 5.74) is -0.900. The number of hydrogen-bond donors (Lipinski definition) is 0. The number of amides is 3. The summed E-state index contributed by atoms with van der Waals surface area (Å²) in [4.78, 5) is 46.3. The van der Waals surface area contributed by atoms with Crippen molar-refractivity contribution in [2.24, 2.45) is 10.1 Å². The van der Waals surface area contributed by atoms with Crippen LogP contribution in [0.25, 0.3) is 0 Å². The number of thioether (sulfide) groups is 1. The molecule has 3 amide bonds. The maximum absolute atomic E-state index is 14.4. The van der Waals surface area contributed by atoms with Gasteiger partial charge in [0.1, 0.15) is 5.71 Å². The molecule has 0 fully saturated rings. The zero-order valence-corrected chi connectivity index (χ0v) is 22.4. The Morgan fingerprint density at radius 2 is 1.55 bits per heavy atom. The molecule has 11 heteroatoms. The van der Waals surface area contributed by atoms with Gasteiger partial charge in [0.15, 0.2) is 5.17 Å². The van der Waals surface area contributed by atoms with Gasteiger partial charge in [-0.05, 0) is 39.8 Å². The van der Waals surface area contributed by atoms with Gasteiger partial charge in [-0.2, -0.15) is 20.1 Å². The van der Waals surface area contributed by atoms with Gasteiger partial charge >= 0.3 is 18.1 Å². The number of hydrogen-bond acceptors (Lipinski definition) is 8. The third kappa shape index (κ3) is 4.89. The zero-order valence-electron chi connectivity index (χ0n) is 21.6. The summed E-state index contributed by atoms with van der Waals surface area (Å²) in [7, 11) is 0. The van der Waals surface area contributed by atoms with Crippen LogP contribution >= 0.6 is 11.8 Å². The summed E-state index contributed by atoms with van der Waals surface area (Å²) in [6.45, 7) is 10.4. The number of nitrogens with zero attached hydrogens (tertiary/aromatic N) is 5. The Morgan fingerprint density at radius 3 is 2.13 bits per heavy atom. The fourth-order valence-electron chi connectivity index (χ4n) is 3.92. The number of hydrazone groups is 1. The molecular formula is C27H29N5O5S. The molecule has 198 valence electrons. The molecule has 10 nitrogen and oxygen atoms in total. The number of carbonyl (C=O) groups excluding carboxylic acids is 3. The van der Waals surface area contributed by atoms with Gasteiger partial charge in [-0.3, -0.25) is 4.79 Å². The average molecular weight is 536 g/mol. The molecule has 1 spiro atoms. The molecule has 0 radical (unpaired) electrons. The van der Waals surface area contributed by atoms with Crippen molar-refractivity contribution in [2.45, 2.75) is 45.6 Å². The van der Waals surface area contributed by atoms with Gasteiger partial charge in [-0.15, -0.1) is 6.58 Å². The van der Waals surface area contributed by atoms with Crippen molar-refractivity contribution in [3.8, 4) is 0 Å². The molecule has 2 aromatic carbocycles. The van der Waals surface area contributed by atoms with Gasteiger partial charge in [-0.25, -0.2) is 14.6 Å². The molecule has 38 heavy (non-hydrogen) atoms. The van der Waals surface area contributed by atoms with Crippen LogP contribution in [0.5, 0.6) is 0 Å². The third-order valence-electron chi connectivity index (χ3n) is 5.36. The van der Waals surface area contributed by atoms with Crippen molar-refractivity contribution in [3.05, 3.63) is 78.9 Å². The molecule has 0 N–H and O–H groups in total. The SMILES string of the molecule is C=CCSC1=NC2(C(=O)N(c3ccccc3)N=C2c2ccccc2)N(C(=O)OC(C)C)N1C(=O)OC(C)C. The minimum absolute atomic E-state index is 0.0724. The van der Waals surface area contributed by atoms with Crippen molar-refractivity contribution in [2.75, 3.05) is 10.8 Å². The highest BCUT2D eigenvalue weighted by Crippen LogP contribution is 2.42. The number of hydrazine groups is 1. The van der Waals surface area contributed by atoms with E-state index in [9.17, 15) is 14.4 Å². The van der Waals surface area contributed by atoms with Gasteiger partial charge in [0.05, 0.1) is 17.9 Å². The predicted octanol–water partition coefficient (Wildman–Crippen LogP) is 5.03. The molecule has 2 aromatic rings. The summed E-state index contributed by atoms with van der Waals surface area (Å²) >= 11 is 1.13. The fourth-order valence-corrected chi connectivity index (χ4v) is 4.66. The molecule has 1 atom stereocenters. The quantitative estimate of drug-likeness (QED) is 0.481. The van der Waals surface area contributed by atoms with Crippen molar-refractivity contribution in [3.63, 3.8) is 0 Å². The summed E-state index contributed by atoms with van der Waals surface area (Å²) in [5.74, 6) is -0.304. The van der Waals surface area contributed by atoms with Crippen LogP contribution in [-0.4, -0.2) is 62.6 Å². The standard InChI is InChI=1S/C27H29N5O5S/c1-6-17-38-24-28-27(32(26(35)37-19(4)5)31(24)25(34)36-18(2)3)22(20-13-9-7-10-14-20)29-30(23(27)33)21-15-11-8-12-16-21/h6-16,18-19H,1,17H2,2-5H3. The number of carbonyl (C=O) groups is 3. The Labute approximate surface area is 225 Å². The average Bonchev–Trinajstić information content (AvgIpc) is 3.38. The van der Waals surface area contributed by atoms with E-state index in [0.29, 0.717) is 17.0 Å². The van der Waals surface area contributed by atoms with Crippen molar-refractivity contribution >= 4 is 46.4 Å². The second-order valence-corrected chi connectivity index (χ2v) is 9.91. The van der Waals surface area contributed by atoms with Crippen LogP contribution < -0.4 is 5.01 Å². The Hall–Kier alpha value is -4.12. The smallest absolute Gasteiger partial charge is 0.436 e. The van der Waals surface area contributed by atoms with E-state index < -0.39 is 36.0 Å². The molecule has 4 rings (SSSR count). The summed E-state index contributed by atoms with van der Waals surface area (Å²) in [5, 5.41) is 7.80. The van der Waals surface area contributed by atoms with Crippen LogP contribution in [0.15, 0.2) is 83.4 Å². The second kappa shape index (κ2) is 11.1. The van der Waals surface area contributed by atoms with Gasteiger partial charge in [0.25, 0.3) is 5.66 Å². The first kappa shape index (κ1) is 26.9. The van der Waals surface area contributed by atoms with Crippen LogP contribution in [-0.2, 0) is 14.3 Å². The van der Waals surface area contributed by atoms with Gasteiger partial charge < -0.3 is 9.47 Å². The predicted molar refractivity (Wildman–Crippen MR) is 147 cm³/mol. The van der Waals surface area contributed by atoms with E-state index in [1.807, 2.05) is 12.1 Å². The Bertz CT molecular complexity index is 1280. The van der Waals surface area contributed by atoms with E-state index in [2.05, 4.69) is 11.7 Å². The largest absolute Gasteiger partial charge is 0.445 e.